The van der Waals surface area contributed by atoms with Crippen molar-refractivity contribution < 1.29 is 23.9 Å². The lowest BCUT2D eigenvalue weighted by Crippen LogP contribution is -2.17. The molecule has 0 saturated carbocycles. The van der Waals surface area contributed by atoms with Crippen LogP contribution in [-0.4, -0.2) is 29.4 Å². The molecule has 32 heavy (non-hydrogen) atoms. The van der Waals surface area contributed by atoms with Gasteiger partial charge in [0.15, 0.2) is 5.58 Å². The topological polar surface area (TPSA) is 81.8 Å². The monoisotopic (exact) mass is 437 g/mol. The van der Waals surface area contributed by atoms with Crippen molar-refractivity contribution >= 4 is 16.9 Å². The van der Waals surface area contributed by atoms with Gasteiger partial charge in [0.05, 0.1) is 24.8 Å². The molecule has 0 aliphatic heterocycles. The van der Waals surface area contributed by atoms with Crippen molar-refractivity contribution in [1.82, 2.24) is 5.16 Å². The quantitative estimate of drug-likeness (QED) is 0.411. The first-order valence-electron chi connectivity index (χ1n) is 11.5. The number of fused-ring (bicyclic) bond motifs is 2. The van der Waals surface area contributed by atoms with Crippen LogP contribution in [0.15, 0.2) is 34.9 Å². The molecule has 170 valence electrons. The molecule has 1 aromatic heterocycles. The highest BCUT2D eigenvalue weighted by molar-refractivity contribution is 5.84. The maximum absolute atomic E-state index is 11.3. The van der Waals surface area contributed by atoms with Crippen LogP contribution in [-0.2, 0) is 17.6 Å². The third kappa shape index (κ3) is 4.45. The number of benzene rings is 2. The molecule has 3 aromatic rings. The predicted octanol–water partition coefficient (Wildman–Crippen LogP) is 5.69. The molecule has 1 aliphatic rings. The molecule has 0 fully saturated rings. The number of ether oxygens (including phenoxy) is 2. The number of rotatable bonds is 10. The molecule has 0 saturated heterocycles. The van der Waals surface area contributed by atoms with Crippen molar-refractivity contribution in [1.29, 1.82) is 0 Å². The largest absolute Gasteiger partial charge is 0.493 e. The van der Waals surface area contributed by atoms with Crippen LogP contribution in [0.1, 0.15) is 61.4 Å². The molecule has 1 N–H and O–H groups in total. The summed E-state index contributed by atoms with van der Waals surface area (Å²) in [5.74, 6) is 0.678. The fraction of sp³-hybridized carbons (Fsp3) is 0.462. The van der Waals surface area contributed by atoms with Crippen LogP contribution < -0.4 is 9.47 Å². The standard InChI is InChI=1S/C26H31NO5/c1-4-6-23-24(12-11-21-17(3)27-32-25(21)23)31-14-5-13-30-19-8-10-22-18(15-19)7-9-20(22)16(2)26(28)29/h8,10-12,15-16,20H,4-7,9,13-14H2,1-3H3,(H,28,29)/t16-,20?/m0/s1. The molecule has 6 nitrogen and oxygen atoms in total. The lowest BCUT2D eigenvalue weighted by atomic mass is 9.89. The molecule has 6 heteroatoms. The molecule has 2 aromatic carbocycles. The van der Waals surface area contributed by atoms with Crippen molar-refractivity contribution in [3.63, 3.8) is 0 Å². The molecule has 0 radical (unpaired) electrons. The van der Waals surface area contributed by atoms with Gasteiger partial charge in [0.25, 0.3) is 0 Å². The summed E-state index contributed by atoms with van der Waals surface area (Å²) in [4.78, 5) is 11.3. The highest BCUT2D eigenvalue weighted by Crippen LogP contribution is 2.40. The van der Waals surface area contributed by atoms with Crippen LogP contribution in [0.5, 0.6) is 11.5 Å². The highest BCUT2D eigenvalue weighted by Gasteiger charge is 2.31. The van der Waals surface area contributed by atoms with Crippen LogP contribution in [0.25, 0.3) is 11.0 Å². The smallest absolute Gasteiger partial charge is 0.306 e. The summed E-state index contributed by atoms with van der Waals surface area (Å²) in [6, 6.07) is 10.1. The van der Waals surface area contributed by atoms with Gasteiger partial charge in [-0.05, 0) is 67.5 Å². The lowest BCUT2D eigenvalue weighted by molar-refractivity contribution is -0.141. The minimum Gasteiger partial charge on any atom is -0.493 e. The van der Waals surface area contributed by atoms with Gasteiger partial charge in [0.1, 0.15) is 11.5 Å². The van der Waals surface area contributed by atoms with E-state index in [-0.39, 0.29) is 11.8 Å². The van der Waals surface area contributed by atoms with Gasteiger partial charge in [-0.2, -0.15) is 0 Å². The molecule has 1 heterocycles. The predicted molar refractivity (Wildman–Crippen MR) is 123 cm³/mol. The molecular formula is C26H31NO5. The molecule has 2 atom stereocenters. The normalized spacial score (nSPS) is 16.2. The van der Waals surface area contributed by atoms with Crippen LogP contribution in [0.3, 0.4) is 0 Å². The minimum atomic E-state index is -0.733. The van der Waals surface area contributed by atoms with Gasteiger partial charge in [-0.25, -0.2) is 0 Å². The van der Waals surface area contributed by atoms with E-state index in [2.05, 4.69) is 18.1 Å². The van der Waals surface area contributed by atoms with Gasteiger partial charge in [0, 0.05) is 17.4 Å². The Morgan fingerprint density at radius 2 is 2.06 bits per heavy atom. The van der Waals surface area contributed by atoms with Crippen LogP contribution in [0, 0.1) is 12.8 Å². The summed E-state index contributed by atoms with van der Waals surface area (Å²) in [5, 5.41) is 14.5. The maximum Gasteiger partial charge on any atom is 0.306 e. The summed E-state index contributed by atoms with van der Waals surface area (Å²) in [5.41, 5.74) is 5.16. The lowest BCUT2D eigenvalue weighted by Gasteiger charge is -2.16. The number of aryl methyl sites for hydroxylation is 3. The SMILES string of the molecule is CCCc1c(OCCCOc2ccc3c(c2)CCC3[C@H](C)C(=O)O)ccc2c(C)noc12. The third-order valence-electron chi connectivity index (χ3n) is 6.43. The Hall–Kier alpha value is -3.02. The van der Waals surface area contributed by atoms with Gasteiger partial charge in [-0.3, -0.25) is 4.79 Å². The zero-order chi connectivity index (χ0) is 22.7. The van der Waals surface area contributed by atoms with Crippen LogP contribution >= 0.6 is 0 Å². The van der Waals surface area contributed by atoms with E-state index in [0.717, 1.165) is 71.4 Å². The second kappa shape index (κ2) is 9.63. The first-order valence-corrected chi connectivity index (χ1v) is 11.5. The Kier molecular flexibility index (Phi) is 6.68. The van der Waals surface area contributed by atoms with Crippen molar-refractivity contribution in [2.75, 3.05) is 13.2 Å². The molecule has 0 bridgehead atoms. The van der Waals surface area contributed by atoms with E-state index in [9.17, 15) is 9.90 Å². The Morgan fingerprint density at radius 3 is 2.84 bits per heavy atom. The number of carbonyl (C=O) groups is 1. The molecular weight excluding hydrogens is 406 g/mol. The van der Waals surface area contributed by atoms with Crippen molar-refractivity contribution in [2.24, 2.45) is 5.92 Å². The summed E-state index contributed by atoms with van der Waals surface area (Å²) in [6.45, 7) is 6.99. The molecule has 0 spiro atoms. The molecule has 4 rings (SSSR count). The zero-order valence-electron chi connectivity index (χ0n) is 19.0. The number of aromatic nitrogens is 1. The number of hydrogen-bond donors (Lipinski definition) is 1. The van der Waals surface area contributed by atoms with E-state index in [0.29, 0.717) is 13.2 Å². The third-order valence-corrected chi connectivity index (χ3v) is 6.43. The number of hydrogen-bond acceptors (Lipinski definition) is 5. The molecule has 1 aliphatic carbocycles. The summed E-state index contributed by atoms with van der Waals surface area (Å²) in [6.07, 6.45) is 4.43. The van der Waals surface area contributed by atoms with E-state index in [4.69, 9.17) is 14.0 Å². The summed E-state index contributed by atoms with van der Waals surface area (Å²) < 4.78 is 17.5. The fourth-order valence-electron chi connectivity index (χ4n) is 4.62. The Morgan fingerprint density at radius 1 is 1.25 bits per heavy atom. The van der Waals surface area contributed by atoms with E-state index < -0.39 is 5.97 Å². The zero-order valence-corrected chi connectivity index (χ0v) is 19.0. The maximum atomic E-state index is 11.3. The minimum absolute atomic E-state index is 0.0905. The summed E-state index contributed by atoms with van der Waals surface area (Å²) in [7, 11) is 0. The number of aliphatic carboxylic acids is 1. The van der Waals surface area contributed by atoms with Crippen molar-refractivity contribution in [3.8, 4) is 11.5 Å². The van der Waals surface area contributed by atoms with Gasteiger partial charge >= 0.3 is 5.97 Å². The number of carboxylic acid groups (broad SMARTS) is 1. The molecule has 1 unspecified atom stereocenters. The van der Waals surface area contributed by atoms with E-state index in [1.165, 1.54) is 5.56 Å². The Bertz CT molecular complexity index is 1100. The first kappa shape index (κ1) is 22.2. The summed E-state index contributed by atoms with van der Waals surface area (Å²) >= 11 is 0. The average molecular weight is 438 g/mol. The van der Waals surface area contributed by atoms with Crippen LogP contribution in [0.4, 0.5) is 0 Å². The van der Waals surface area contributed by atoms with E-state index in [1.807, 2.05) is 31.2 Å². The van der Waals surface area contributed by atoms with Crippen LogP contribution in [0.2, 0.25) is 0 Å². The van der Waals surface area contributed by atoms with E-state index in [1.54, 1.807) is 6.92 Å². The first-order chi connectivity index (χ1) is 15.5. The van der Waals surface area contributed by atoms with Gasteiger partial charge < -0.3 is 19.1 Å². The number of carboxylic acids is 1. The fourth-order valence-corrected chi connectivity index (χ4v) is 4.62. The Balaban J connectivity index is 1.31. The average Bonchev–Trinajstić information content (AvgIpc) is 3.37. The van der Waals surface area contributed by atoms with Gasteiger partial charge in [-0.1, -0.05) is 31.5 Å². The molecule has 0 amide bonds. The Labute approximate surface area is 188 Å². The van der Waals surface area contributed by atoms with Gasteiger partial charge in [-0.15, -0.1) is 0 Å². The second-order valence-corrected chi connectivity index (χ2v) is 8.62. The number of nitrogens with zero attached hydrogens (tertiary/aromatic N) is 1. The van der Waals surface area contributed by atoms with Gasteiger partial charge in [0.2, 0.25) is 0 Å². The van der Waals surface area contributed by atoms with Crippen molar-refractivity contribution in [2.45, 2.75) is 58.8 Å². The highest BCUT2D eigenvalue weighted by atomic mass is 16.5. The van der Waals surface area contributed by atoms with Crippen molar-refractivity contribution in [3.05, 3.63) is 52.7 Å². The second-order valence-electron chi connectivity index (χ2n) is 8.62. The van der Waals surface area contributed by atoms with E-state index >= 15 is 0 Å².